The van der Waals surface area contributed by atoms with Gasteiger partial charge in [0.05, 0.1) is 0 Å². The highest BCUT2D eigenvalue weighted by Crippen LogP contribution is 2.18. The van der Waals surface area contributed by atoms with Gasteiger partial charge in [-0.05, 0) is 30.3 Å². The van der Waals surface area contributed by atoms with Crippen LogP contribution in [0, 0.1) is 0 Å². The van der Waals surface area contributed by atoms with Crippen molar-refractivity contribution in [2.45, 2.75) is 6.54 Å². The highest BCUT2D eigenvalue weighted by atomic mass is 16.2. The molecule has 1 amide bonds. The first-order valence-corrected chi connectivity index (χ1v) is 8.67. The molecule has 0 radical (unpaired) electrons. The van der Waals surface area contributed by atoms with E-state index in [2.05, 4.69) is 30.7 Å². The zero-order valence-electron chi connectivity index (χ0n) is 15.1. The van der Waals surface area contributed by atoms with Crippen LogP contribution in [0.1, 0.15) is 0 Å². The minimum atomic E-state index is -0.340. The first-order valence-electron chi connectivity index (χ1n) is 8.67. The fraction of sp³-hybridized carbons (Fsp3) is 0.0526. The average Bonchev–Trinajstić information content (AvgIpc) is 3.26. The summed E-state index contributed by atoms with van der Waals surface area (Å²) in [5, 5.41) is 9.78. The third kappa shape index (κ3) is 4.50. The third-order valence-electron chi connectivity index (χ3n) is 3.94. The van der Waals surface area contributed by atoms with E-state index in [0.717, 1.165) is 10.4 Å². The van der Waals surface area contributed by atoms with Crippen LogP contribution in [0.15, 0.2) is 78.5 Å². The van der Waals surface area contributed by atoms with Crippen LogP contribution in [0.5, 0.6) is 0 Å². The monoisotopic (exact) mass is 388 g/mol. The standard InChI is InChI=1S/C19H16N8O2/c28-18(11-27-19(29)2-1-7-23-27)25-15-5-3-14(4-6-15)24-16-10-17(22-12-21-16)26-9-8-20-13-26/h1-10,12-13H,11H2,(H,25,28)(H,21,22,24). The van der Waals surface area contributed by atoms with Crippen molar-refractivity contribution in [3.8, 4) is 5.82 Å². The summed E-state index contributed by atoms with van der Waals surface area (Å²) in [5.41, 5.74) is 1.06. The van der Waals surface area contributed by atoms with E-state index in [-0.39, 0.29) is 18.0 Å². The van der Waals surface area contributed by atoms with Gasteiger partial charge in [0.2, 0.25) is 5.91 Å². The van der Waals surface area contributed by atoms with Crippen LogP contribution in [0.3, 0.4) is 0 Å². The van der Waals surface area contributed by atoms with Crippen molar-refractivity contribution in [2.24, 2.45) is 0 Å². The molecule has 3 heterocycles. The molecule has 0 spiro atoms. The summed E-state index contributed by atoms with van der Waals surface area (Å²) >= 11 is 0. The number of imidazole rings is 1. The van der Waals surface area contributed by atoms with E-state index in [1.54, 1.807) is 41.5 Å². The molecule has 0 saturated heterocycles. The molecule has 4 aromatic rings. The SMILES string of the molecule is O=C(Cn1ncccc1=O)Nc1ccc(Nc2cc(-n3ccnc3)ncn2)cc1. The van der Waals surface area contributed by atoms with E-state index in [0.29, 0.717) is 17.3 Å². The molecule has 0 saturated carbocycles. The van der Waals surface area contributed by atoms with E-state index in [9.17, 15) is 9.59 Å². The summed E-state index contributed by atoms with van der Waals surface area (Å²) in [6, 6.07) is 11.8. The lowest BCUT2D eigenvalue weighted by atomic mass is 10.2. The molecule has 10 heteroatoms. The fourth-order valence-corrected chi connectivity index (χ4v) is 2.58. The molecule has 10 nitrogen and oxygen atoms in total. The Morgan fingerprint density at radius 2 is 1.86 bits per heavy atom. The van der Waals surface area contributed by atoms with Crippen LogP contribution in [-0.2, 0) is 11.3 Å². The number of rotatable bonds is 6. The van der Waals surface area contributed by atoms with Gasteiger partial charge in [0.15, 0.2) is 0 Å². The molecule has 4 rings (SSSR count). The first kappa shape index (κ1) is 18.0. The smallest absolute Gasteiger partial charge is 0.267 e. The van der Waals surface area contributed by atoms with Crippen molar-refractivity contribution >= 4 is 23.1 Å². The molecule has 3 aromatic heterocycles. The Kier molecular flexibility index (Phi) is 5.06. The first-order chi connectivity index (χ1) is 14.2. The molecule has 0 aliphatic carbocycles. The van der Waals surface area contributed by atoms with Crippen molar-refractivity contribution < 1.29 is 4.79 Å². The van der Waals surface area contributed by atoms with Gasteiger partial charge in [0.1, 0.15) is 30.8 Å². The number of aromatic nitrogens is 6. The largest absolute Gasteiger partial charge is 0.340 e. The Bertz CT molecular complexity index is 1170. The van der Waals surface area contributed by atoms with Gasteiger partial charge in [-0.3, -0.25) is 14.2 Å². The van der Waals surface area contributed by atoms with E-state index < -0.39 is 0 Å². The number of benzene rings is 1. The summed E-state index contributed by atoms with van der Waals surface area (Å²) in [6.45, 7) is -0.155. The minimum absolute atomic E-state index is 0.155. The number of nitrogens with one attached hydrogen (secondary N) is 2. The number of carbonyl (C=O) groups is 1. The van der Waals surface area contributed by atoms with Crippen LogP contribution in [0.2, 0.25) is 0 Å². The second-order valence-corrected chi connectivity index (χ2v) is 6.00. The van der Waals surface area contributed by atoms with Crippen molar-refractivity contribution in [2.75, 3.05) is 10.6 Å². The predicted molar refractivity (Wildman–Crippen MR) is 106 cm³/mol. The molecule has 0 atom stereocenters. The van der Waals surface area contributed by atoms with Gasteiger partial charge in [-0.25, -0.2) is 19.6 Å². The lowest BCUT2D eigenvalue weighted by Crippen LogP contribution is -2.28. The number of hydrogen-bond acceptors (Lipinski definition) is 7. The van der Waals surface area contributed by atoms with Gasteiger partial charge in [-0.2, -0.15) is 5.10 Å². The zero-order valence-corrected chi connectivity index (χ0v) is 15.1. The van der Waals surface area contributed by atoms with E-state index in [1.165, 1.54) is 24.7 Å². The Morgan fingerprint density at radius 3 is 2.62 bits per heavy atom. The maximum absolute atomic E-state index is 12.1. The maximum atomic E-state index is 12.1. The summed E-state index contributed by atoms with van der Waals surface area (Å²) in [6.07, 6.45) is 8.05. The molecule has 0 fully saturated rings. The highest BCUT2D eigenvalue weighted by Gasteiger charge is 2.06. The molecule has 29 heavy (non-hydrogen) atoms. The van der Waals surface area contributed by atoms with Gasteiger partial charge < -0.3 is 10.6 Å². The number of hydrogen-bond donors (Lipinski definition) is 2. The summed E-state index contributed by atoms with van der Waals surface area (Å²) in [4.78, 5) is 36.1. The quantitative estimate of drug-likeness (QED) is 0.515. The van der Waals surface area contributed by atoms with Gasteiger partial charge in [-0.1, -0.05) is 0 Å². The molecular weight excluding hydrogens is 372 g/mol. The second-order valence-electron chi connectivity index (χ2n) is 6.00. The molecule has 2 N–H and O–H groups in total. The van der Waals surface area contributed by atoms with Crippen molar-refractivity contribution in [3.05, 3.63) is 84.1 Å². The fourth-order valence-electron chi connectivity index (χ4n) is 2.58. The van der Waals surface area contributed by atoms with Crippen LogP contribution in [0.4, 0.5) is 17.2 Å². The van der Waals surface area contributed by atoms with Crippen LogP contribution < -0.4 is 16.2 Å². The van der Waals surface area contributed by atoms with Gasteiger partial charge in [0, 0.05) is 42.1 Å². The van der Waals surface area contributed by atoms with Crippen molar-refractivity contribution in [1.29, 1.82) is 0 Å². The Labute approximate surface area is 164 Å². The van der Waals surface area contributed by atoms with Crippen LogP contribution in [0.25, 0.3) is 5.82 Å². The molecule has 144 valence electrons. The normalized spacial score (nSPS) is 10.5. The Hall–Kier alpha value is -4.34. The van der Waals surface area contributed by atoms with E-state index in [1.807, 2.05) is 12.1 Å². The number of anilines is 3. The zero-order chi connectivity index (χ0) is 20.1. The Balaban J connectivity index is 1.39. The number of carbonyl (C=O) groups excluding carboxylic acids is 1. The van der Waals surface area contributed by atoms with E-state index >= 15 is 0 Å². The second kappa shape index (κ2) is 8.13. The molecule has 0 bridgehead atoms. The number of nitrogens with zero attached hydrogens (tertiary/aromatic N) is 6. The van der Waals surface area contributed by atoms with Gasteiger partial charge in [-0.15, -0.1) is 0 Å². The van der Waals surface area contributed by atoms with Gasteiger partial charge in [0.25, 0.3) is 5.56 Å². The van der Waals surface area contributed by atoms with Crippen LogP contribution >= 0.6 is 0 Å². The summed E-state index contributed by atoms with van der Waals surface area (Å²) in [5.74, 6) is 0.968. The van der Waals surface area contributed by atoms with Crippen molar-refractivity contribution in [1.82, 2.24) is 29.3 Å². The van der Waals surface area contributed by atoms with Crippen LogP contribution in [-0.4, -0.2) is 35.2 Å². The lowest BCUT2D eigenvalue weighted by molar-refractivity contribution is -0.117. The van der Waals surface area contributed by atoms with Crippen molar-refractivity contribution in [3.63, 3.8) is 0 Å². The summed E-state index contributed by atoms with van der Waals surface area (Å²) < 4.78 is 2.87. The average molecular weight is 388 g/mol. The Morgan fingerprint density at radius 1 is 1.03 bits per heavy atom. The number of amides is 1. The molecule has 1 aromatic carbocycles. The minimum Gasteiger partial charge on any atom is -0.340 e. The predicted octanol–water partition coefficient (Wildman–Crippen LogP) is 1.60. The maximum Gasteiger partial charge on any atom is 0.267 e. The molecule has 0 unspecified atom stereocenters. The molecule has 0 aliphatic rings. The topological polar surface area (TPSA) is 120 Å². The molecule has 0 aliphatic heterocycles. The van der Waals surface area contributed by atoms with E-state index in [4.69, 9.17) is 0 Å². The van der Waals surface area contributed by atoms with Gasteiger partial charge >= 0.3 is 0 Å². The summed E-state index contributed by atoms with van der Waals surface area (Å²) in [7, 11) is 0. The molecular formula is C19H16N8O2. The highest BCUT2D eigenvalue weighted by molar-refractivity contribution is 5.90. The lowest BCUT2D eigenvalue weighted by Gasteiger charge is -2.09. The third-order valence-corrected chi connectivity index (χ3v) is 3.94.